The molecule has 0 aromatic heterocycles. The third-order valence-corrected chi connectivity index (χ3v) is 7.19. The quantitative estimate of drug-likeness (QED) is 0.444. The van der Waals surface area contributed by atoms with Crippen molar-refractivity contribution in [1.82, 2.24) is 4.31 Å². The van der Waals surface area contributed by atoms with Crippen molar-refractivity contribution in [3.8, 4) is 5.75 Å². The molecule has 0 atom stereocenters. The van der Waals surface area contributed by atoms with Crippen molar-refractivity contribution in [2.75, 3.05) is 19.0 Å². The Hall–Kier alpha value is -2.68. The molecule has 0 fully saturated rings. The Kier molecular flexibility index (Phi) is 7.71. The van der Waals surface area contributed by atoms with Gasteiger partial charge in [-0.05, 0) is 68.4 Å². The van der Waals surface area contributed by atoms with Crippen molar-refractivity contribution in [3.63, 3.8) is 0 Å². The molecule has 168 valence electrons. The highest BCUT2D eigenvalue weighted by atomic mass is 79.9. The third kappa shape index (κ3) is 5.76. The van der Waals surface area contributed by atoms with Crippen LogP contribution < -0.4 is 10.1 Å². The first-order valence-electron chi connectivity index (χ1n) is 10.1. The van der Waals surface area contributed by atoms with Gasteiger partial charge < -0.3 is 10.1 Å². The second kappa shape index (κ2) is 10.3. The molecular weight excluding hydrogens is 492 g/mol. The van der Waals surface area contributed by atoms with Crippen LogP contribution in [0, 0.1) is 6.92 Å². The molecule has 0 unspecified atom stereocenters. The highest BCUT2D eigenvalue weighted by Gasteiger charge is 2.22. The van der Waals surface area contributed by atoms with E-state index in [4.69, 9.17) is 4.74 Å². The van der Waals surface area contributed by atoms with Crippen LogP contribution in [-0.4, -0.2) is 32.3 Å². The molecule has 0 aliphatic rings. The summed E-state index contributed by atoms with van der Waals surface area (Å²) in [5, 5.41) is 2.85. The number of nitrogens with zero attached hydrogens (tertiary/aromatic N) is 1. The van der Waals surface area contributed by atoms with Crippen molar-refractivity contribution in [2.24, 2.45) is 0 Å². The van der Waals surface area contributed by atoms with E-state index in [1.165, 1.54) is 11.4 Å². The number of nitrogens with one attached hydrogen (secondary N) is 1. The smallest absolute Gasteiger partial charge is 0.255 e. The molecule has 3 rings (SSSR count). The number of aryl methyl sites for hydroxylation is 1. The van der Waals surface area contributed by atoms with E-state index in [9.17, 15) is 13.2 Å². The minimum Gasteiger partial charge on any atom is -0.494 e. The molecule has 1 amide bonds. The Morgan fingerprint density at radius 1 is 1.03 bits per heavy atom. The molecule has 0 spiro atoms. The number of anilines is 1. The SMILES string of the molecule is CCOc1ccc(C(=O)Nc2ccc(Br)cc2)cc1CN(C)S(=O)(=O)c1ccc(C)cc1. The standard InChI is InChI=1S/C24H25BrN2O4S/c1-4-31-23-14-7-18(24(28)26-21-10-8-20(25)9-11-21)15-19(23)16-27(3)32(29,30)22-12-5-17(2)6-13-22/h5-15H,4,16H2,1-3H3,(H,26,28). The molecule has 8 heteroatoms. The van der Waals surface area contributed by atoms with Gasteiger partial charge in [0.1, 0.15) is 5.75 Å². The fourth-order valence-corrected chi connectivity index (χ4v) is 4.51. The first kappa shape index (κ1) is 24.0. The van der Waals surface area contributed by atoms with E-state index in [2.05, 4.69) is 21.2 Å². The van der Waals surface area contributed by atoms with Crippen LogP contribution in [0.5, 0.6) is 5.75 Å². The van der Waals surface area contributed by atoms with Crippen LogP contribution in [0.4, 0.5) is 5.69 Å². The summed E-state index contributed by atoms with van der Waals surface area (Å²) in [5.74, 6) is 0.249. The summed E-state index contributed by atoms with van der Waals surface area (Å²) in [5.41, 5.74) is 2.66. The lowest BCUT2D eigenvalue weighted by atomic mass is 10.1. The topological polar surface area (TPSA) is 75.7 Å². The summed E-state index contributed by atoms with van der Waals surface area (Å²) in [6.45, 7) is 4.24. The average Bonchev–Trinajstić information content (AvgIpc) is 2.77. The largest absolute Gasteiger partial charge is 0.494 e. The van der Waals surface area contributed by atoms with Crippen molar-refractivity contribution < 1.29 is 17.9 Å². The van der Waals surface area contributed by atoms with Crippen LogP contribution in [0.1, 0.15) is 28.4 Å². The van der Waals surface area contributed by atoms with Crippen LogP contribution in [-0.2, 0) is 16.6 Å². The highest BCUT2D eigenvalue weighted by Crippen LogP contribution is 2.25. The number of benzene rings is 3. The third-order valence-electron chi connectivity index (χ3n) is 4.85. The summed E-state index contributed by atoms with van der Waals surface area (Å²) >= 11 is 3.37. The van der Waals surface area contributed by atoms with Crippen LogP contribution in [0.3, 0.4) is 0 Å². The van der Waals surface area contributed by atoms with Crippen molar-refractivity contribution in [1.29, 1.82) is 0 Å². The number of hydrogen-bond acceptors (Lipinski definition) is 4. The Balaban J connectivity index is 1.86. The van der Waals surface area contributed by atoms with Gasteiger partial charge in [-0.25, -0.2) is 8.42 Å². The summed E-state index contributed by atoms with van der Waals surface area (Å²) in [7, 11) is -2.19. The van der Waals surface area contributed by atoms with Crippen LogP contribution in [0.15, 0.2) is 76.1 Å². The number of amides is 1. The zero-order valence-electron chi connectivity index (χ0n) is 18.1. The summed E-state index contributed by atoms with van der Waals surface area (Å²) < 4.78 is 33.9. The first-order valence-corrected chi connectivity index (χ1v) is 12.3. The lowest BCUT2D eigenvalue weighted by Crippen LogP contribution is -2.27. The zero-order chi connectivity index (χ0) is 23.3. The Morgan fingerprint density at radius 3 is 2.31 bits per heavy atom. The predicted molar refractivity (Wildman–Crippen MR) is 130 cm³/mol. The number of carbonyl (C=O) groups is 1. The fourth-order valence-electron chi connectivity index (χ4n) is 3.09. The average molecular weight is 517 g/mol. The lowest BCUT2D eigenvalue weighted by molar-refractivity contribution is 0.102. The maximum Gasteiger partial charge on any atom is 0.255 e. The van der Waals surface area contributed by atoms with E-state index in [1.807, 2.05) is 26.0 Å². The van der Waals surface area contributed by atoms with Crippen molar-refractivity contribution in [2.45, 2.75) is 25.3 Å². The number of halogens is 1. The summed E-state index contributed by atoms with van der Waals surface area (Å²) in [6, 6.07) is 19.0. The van der Waals surface area contributed by atoms with Crippen LogP contribution in [0.25, 0.3) is 0 Å². The highest BCUT2D eigenvalue weighted by molar-refractivity contribution is 9.10. The van der Waals surface area contributed by atoms with Crippen molar-refractivity contribution in [3.05, 3.63) is 87.9 Å². The van der Waals surface area contributed by atoms with Gasteiger partial charge in [0.2, 0.25) is 10.0 Å². The molecule has 6 nitrogen and oxygen atoms in total. The van der Waals surface area contributed by atoms with Gasteiger partial charge in [0, 0.05) is 34.9 Å². The first-order chi connectivity index (χ1) is 15.2. The van der Waals surface area contributed by atoms with Gasteiger partial charge in [0.15, 0.2) is 0 Å². The maximum atomic E-state index is 13.0. The molecule has 0 bridgehead atoms. The van der Waals surface area contributed by atoms with E-state index in [-0.39, 0.29) is 17.3 Å². The normalized spacial score (nSPS) is 11.4. The maximum absolute atomic E-state index is 13.0. The number of carbonyl (C=O) groups excluding carboxylic acids is 1. The monoisotopic (exact) mass is 516 g/mol. The number of hydrogen-bond donors (Lipinski definition) is 1. The molecular formula is C24H25BrN2O4S. The number of rotatable bonds is 8. The Morgan fingerprint density at radius 2 is 1.69 bits per heavy atom. The molecule has 0 saturated carbocycles. The van der Waals surface area contributed by atoms with E-state index in [1.54, 1.807) is 54.6 Å². The number of ether oxygens (including phenoxy) is 1. The zero-order valence-corrected chi connectivity index (χ0v) is 20.5. The lowest BCUT2D eigenvalue weighted by Gasteiger charge is -2.20. The Labute approximate surface area is 197 Å². The fraction of sp³-hybridized carbons (Fsp3) is 0.208. The second-order valence-electron chi connectivity index (χ2n) is 7.29. The van der Waals surface area contributed by atoms with Gasteiger partial charge in [-0.2, -0.15) is 4.31 Å². The predicted octanol–water partition coefficient (Wildman–Crippen LogP) is 5.23. The molecule has 0 saturated heterocycles. The van der Waals surface area contributed by atoms with Crippen LogP contribution in [0.2, 0.25) is 0 Å². The van der Waals surface area contributed by atoms with Gasteiger partial charge in [-0.3, -0.25) is 4.79 Å². The van der Waals surface area contributed by atoms with E-state index in [0.717, 1.165) is 10.0 Å². The molecule has 32 heavy (non-hydrogen) atoms. The van der Waals surface area contributed by atoms with E-state index < -0.39 is 10.0 Å². The van der Waals surface area contributed by atoms with Crippen molar-refractivity contribution >= 4 is 37.5 Å². The molecule has 0 aliphatic carbocycles. The minimum atomic E-state index is -3.70. The van der Waals surface area contributed by atoms with E-state index >= 15 is 0 Å². The molecule has 3 aromatic rings. The molecule has 0 radical (unpaired) electrons. The Bertz CT molecular complexity index is 1190. The van der Waals surface area contributed by atoms with Gasteiger partial charge in [-0.1, -0.05) is 33.6 Å². The molecule has 3 aromatic carbocycles. The summed E-state index contributed by atoms with van der Waals surface area (Å²) in [4.78, 5) is 13.0. The molecule has 1 N–H and O–H groups in total. The van der Waals surface area contributed by atoms with Gasteiger partial charge in [0.25, 0.3) is 5.91 Å². The second-order valence-corrected chi connectivity index (χ2v) is 10.3. The molecule has 0 aliphatic heterocycles. The number of sulfonamides is 1. The van der Waals surface area contributed by atoms with E-state index in [0.29, 0.717) is 29.2 Å². The van der Waals surface area contributed by atoms with Gasteiger partial charge >= 0.3 is 0 Å². The summed E-state index contributed by atoms with van der Waals surface area (Å²) in [6.07, 6.45) is 0. The minimum absolute atomic E-state index is 0.0605. The van der Waals surface area contributed by atoms with Gasteiger partial charge in [0.05, 0.1) is 11.5 Å². The van der Waals surface area contributed by atoms with Gasteiger partial charge in [-0.15, -0.1) is 0 Å². The van der Waals surface area contributed by atoms with Crippen LogP contribution >= 0.6 is 15.9 Å². The molecule has 0 heterocycles.